The van der Waals surface area contributed by atoms with Crippen LogP contribution in [0.1, 0.15) is 0 Å². The van der Waals surface area contributed by atoms with Crippen molar-refractivity contribution in [3.05, 3.63) is 0 Å². The third-order valence-electron chi connectivity index (χ3n) is 0. The molecule has 0 aliphatic carbocycles. The zero-order valence-corrected chi connectivity index (χ0v) is 10.2. The minimum Gasteiger partial charge on any atom is -0.672 e. The molecule has 0 bridgehead atoms. The molecule has 0 aromatic heterocycles. The summed E-state index contributed by atoms with van der Waals surface area (Å²) in [7, 11) is -3.63. The average molecular weight is 156 g/mol. The van der Waals surface area contributed by atoms with E-state index in [1.54, 1.807) is 0 Å². The third-order valence-corrected chi connectivity index (χ3v) is 0. The fourth-order valence-corrected chi connectivity index (χ4v) is 0. The van der Waals surface area contributed by atoms with Crippen LogP contribution in [-0.2, 0) is 4.46 Å². The van der Waals surface area contributed by atoms with Crippen LogP contribution in [0, 0.1) is 0 Å². The van der Waals surface area contributed by atoms with E-state index in [0.29, 0.717) is 0 Å². The van der Waals surface area contributed by atoms with Gasteiger partial charge in [0.15, 0.2) is 0 Å². The normalized spacial score (nSPS) is 3.43. The molecule has 0 aliphatic heterocycles. The zero-order chi connectivity index (χ0) is 3.58. The summed E-state index contributed by atoms with van der Waals surface area (Å²) in [5.74, 6) is 0. The molecule has 0 saturated carbocycles. The van der Waals surface area contributed by atoms with Gasteiger partial charge in [-0.05, 0) is 0 Å². The largest absolute Gasteiger partial charge is 1.00 e. The van der Waals surface area contributed by atoms with Crippen LogP contribution in [0.15, 0.2) is 0 Å². The van der Waals surface area contributed by atoms with Crippen molar-refractivity contribution in [2.75, 3.05) is 0 Å². The van der Waals surface area contributed by atoms with Crippen molar-refractivity contribution in [1.29, 1.82) is 0 Å². The van der Waals surface area contributed by atoms with Crippen LogP contribution in [0.4, 0.5) is 0 Å². The van der Waals surface area contributed by atoms with Gasteiger partial charge in [-0.15, -0.1) is 0 Å². The van der Waals surface area contributed by atoms with Crippen LogP contribution in [0.3, 0.4) is 0 Å². The van der Waals surface area contributed by atoms with Crippen molar-refractivity contribution in [2.24, 2.45) is 0 Å². The van der Waals surface area contributed by atoms with E-state index in [4.69, 9.17) is 14.1 Å². The molecular weight excluding hydrogens is 154 g/mol. The molecule has 0 heterocycles. The Kier molecular flexibility index (Phi) is 51.7. The van der Waals surface area contributed by atoms with Crippen molar-refractivity contribution in [2.45, 2.75) is 0 Å². The molecule has 0 fully saturated rings. The molecule has 0 rings (SSSR count). The molecule has 7 heavy (non-hydrogen) atoms. The van der Waals surface area contributed by atoms with Gasteiger partial charge in [0.05, 0.1) is 0 Å². The molecule has 0 aliphatic rings. The van der Waals surface area contributed by atoms with E-state index in [1.165, 1.54) is 0 Å². The van der Waals surface area contributed by atoms with Gasteiger partial charge < -0.3 is 14.1 Å². The van der Waals surface area contributed by atoms with Crippen molar-refractivity contribution in [3.63, 3.8) is 0 Å². The summed E-state index contributed by atoms with van der Waals surface area (Å²) >= 11 is 0. The first-order valence-electron chi connectivity index (χ1n) is 0.612. The van der Waals surface area contributed by atoms with Crippen LogP contribution in [0.2, 0.25) is 0 Å². The molecule has 0 atom stereocenters. The minimum atomic E-state index is -3.63. The number of rotatable bonds is 0. The van der Waals surface area contributed by atoms with Crippen molar-refractivity contribution >= 4 is 22.7 Å². The second-order valence-corrected chi connectivity index (χ2v) is 0.750. The molecule has 32 valence electrons. The minimum absolute atomic E-state index is 0. The van der Waals surface area contributed by atoms with E-state index >= 15 is 0 Å². The standard InChI is InChI=1S/2Na.O3Si.H2S/c;;1-4(2)3;/h;;;1H2/q2*+1;-2;. The van der Waals surface area contributed by atoms with Gasteiger partial charge >= 0.3 is 59.1 Å². The van der Waals surface area contributed by atoms with Crippen LogP contribution in [0.25, 0.3) is 0 Å². The summed E-state index contributed by atoms with van der Waals surface area (Å²) in [4.78, 5) is 17.0. The Morgan fingerprint density at radius 3 is 1.14 bits per heavy atom. The summed E-state index contributed by atoms with van der Waals surface area (Å²) < 4.78 is 8.52. The molecule has 0 amide bonds. The molecule has 0 aromatic carbocycles. The van der Waals surface area contributed by atoms with E-state index in [1.807, 2.05) is 0 Å². The van der Waals surface area contributed by atoms with Crippen molar-refractivity contribution in [3.8, 4) is 0 Å². The summed E-state index contributed by atoms with van der Waals surface area (Å²) in [6, 6.07) is 0. The molecule has 0 spiro atoms. The summed E-state index contributed by atoms with van der Waals surface area (Å²) in [5, 5.41) is 0. The second-order valence-electron chi connectivity index (χ2n) is 0.250. The predicted molar refractivity (Wildman–Crippen MR) is 16.8 cm³/mol. The van der Waals surface area contributed by atoms with Gasteiger partial charge in [-0.1, -0.05) is 0 Å². The Morgan fingerprint density at radius 2 is 1.14 bits per heavy atom. The first-order chi connectivity index (χ1) is 1.73. The molecular formula is H2Na2O3SSi. The zero-order valence-electron chi connectivity index (χ0n) is 4.22. The molecule has 0 unspecified atom stereocenters. The van der Waals surface area contributed by atoms with Crippen LogP contribution >= 0.6 is 13.5 Å². The fourth-order valence-electron chi connectivity index (χ4n) is 0. The average Bonchev–Trinajstić information content (AvgIpc) is 0.811. The van der Waals surface area contributed by atoms with Crippen LogP contribution < -0.4 is 68.7 Å². The first kappa shape index (κ1) is 23.1. The Bertz CT molecular complexity index is 35.9. The van der Waals surface area contributed by atoms with Crippen molar-refractivity contribution < 1.29 is 73.2 Å². The first-order valence-corrected chi connectivity index (χ1v) is 1.84. The molecule has 7 heteroatoms. The smallest absolute Gasteiger partial charge is 0.672 e. The molecule has 3 nitrogen and oxygen atoms in total. The Balaban J connectivity index is -0.0000000150. The third kappa shape index (κ3) is 73.3. The SMILES string of the molecule is O=[Si]([O-])[O-].S.[Na+].[Na+]. The number of hydrogen-bond donors (Lipinski definition) is 0. The van der Waals surface area contributed by atoms with Crippen molar-refractivity contribution in [1.82, 2.24) is 0 Å². The molecule has 0 radical (unpaired) electrons. The van der Waals surface area contributed by atoms with Gasteiger partial charge in [0.1, 0.15) is 0 Å². The van der Waals surface area contributed by atoms with Gasteiger partial charge in [-0.3, -0.25) is 0 Å². The van der Waals surface area contributed by atoms with Crippen LogP contribution in [0.5, 0.6) is 0 Å². The van der Waals surface area contributed by atoms with Gasteiger partial charge in [-0.25, -0.2) is 0 Å². The summed E-state index contributed by atoms with van der Waals surface area (Å²) in [6.45, 7) is 0. The topological polar surface area (TPSA) is 63.2 Å². The predicted octanol–water partition coefficient (Wildman–Crippen LogP) is -8.76. The maximum Gasteiger partial charge on any atom is 1.00 e. The monoisotopic (exact) mass is 156 g/mol. The Labute approximate surface area is 94.4 Å². The maximum absolute atomic E-state index is 8.52. The Hall–Kier alpha value is 1.97. The summed E-state index contributed by atoms with van der Waals surface area (Å²) in [5.41, 5.74) is 0. The molecule has 0 N–H and O–H groups in total. The molecule has 0 saturated heterocycles. The van der Waals surface area contributed by atoms with Gasteiger partial charge in [0.25, 0.3) is 0 Å². The summed E-state index contributed by atoms with van der Waals surface area (Å²) in [6.07, 6.45) is 0. The quantitative estimate of drug-likeness (QED) is 0.327. The maximum atomic E-state index is 8.52. The number of hydrogen-bond acceptors (Lipinski definition) is 3. The van der Waals surface area contributed by atoms with Crippen LogP contribution in [-0.4, -0.2) is 9.17 Å². The Morgan fingerprint density at radius 1 is 1.14 bits per heavy atom. The van der Waals surface area contributed by atoms with E-state index in [0.717, 1.165) is 0 Å². The second kappa shape index (κ2) is 15.7. The van der Waals surface area contributed by atoms with E-state index in [2.05, 4.69) is 0 Å². The fraction of sp³-hybridized carbons (Fsp3) is 0. The van der Waals surface area contributed by atoms with E-state index < -0.39 is 9.17 Å². The van der Waals surface area contributed by atoms with Gasteiger partial charge in [-0.2, -0.15) is 13.5 Å². The van der Waals surface area contributed by atoms with Gasteiger partial charge in [0, 0.05) is 9.17 Å². The van der Waals surface area contributed by atoms with E-state index in [9.17, 15) is 0 Å². The molecule has 0 aromatic rings. The van der Waals surface area contributed by atoms with E-state index in [-0.39, 0.29) is 72.6 Å². The van der Waals surface area contributed by atoms with Gasteiger partial charge in [0.2, 0.25) is 0 Å².